The van der Waals surface area contributed by atoms with Gasteiger partial charge in [0.25, 0.3) is 0 Å². The first-order valence-corrected chi connectivity index (χ1v) is 7.98. The Hall–Kier alpha value is -1.16. The van der Waals surface area contributed by atoms with Crippen LogP contribution in [0.25, 0.3) is 0 Å². The molecule has 0 aliphatic heterocycles. The molecule has 0 saturated heterocycles. The Bertz CT molecular complexity index is 509. The summed E-state index contributed by atoms with van der Waals surface area (Å²) in [4.78, 5) is 2.72. The van der Waals surface area contributed by atoms with Crippen LogP contribution >= 0.6 is 11.3 Å². The number of benzene rings is 1. The van der Waals surface area contributed by atoms with E-state index in [4.69, 9.17) is 0 Å². The van der Waals surface area contributed by atoms with Gasteiger partial charge in [0.2, 0.25) is 0 Å². The highest BCUT2D eigenvalue weighted by atomic mass is 32.1. The molecule has 0 spiro atoms. The second-order valence-corrected chi connectivity index (χ2v) is 6.52. The van der Waals surface area contributed by atoms with Crippen molar-refractivity contribution in [3.63, 3.8) is 0 Å². The first-order chi connectivity index (χ1) is 9.70. The Morgan fingerprint density at radius 2 is 1.90 bits per heavy atom. The monoisotopic (exact) mass is 289 g/mol. The molecular weight excluding hydrogens is 266 g/mol. The van der Waals surface area contributed by atoms with Gasteiger partial charge in [0.15, 0.2) is 0 Å². The molecule has 0 aliphatic carbocycles. The van der Waals surface area contributed by atoms with Gasteiger partial charge in [0, 0.05) is 28.9 Å². The van der Waals surface area contributed by atoms with E-state index in [9.17, 15) is 5.11 Å². The minimum absolute atomic E-state index is 0.230. The van der Waals surface area contributed by atoms with E-state index < -0.39 is 0 Å². The van der Waals surface area contributed by atoms with Gasteiger partial charge in [0.1, 0.15) is 0 Å². The second kappa shape index (κ2) is 7.58. The average Bonchev–Trinajstić information content (AvgIpc) is 2.91. The first-order valence-electron chi connectivity index (χ1n) is 7.16. The smallest absolute Gasteiger partial charge is 0.0437 e. The lowest BCUT2D eigenvalue weighted by molar-refractivity contribution is 0.272. The highest BCUT2D eigenvalue weighted by Gasteiger charge is 2.13. The van der Waals surface area contributed by atoms with Crippen molar-refractivity contribution in [2.24, 2.45) is 0 Å². The Morgan fingerprint density at radius 1 is 1.15 bits per heavy atom. The molecule has 2 rings (SSSR count). The molecule has 2 atom stereocenters. The van der Waals surface area contributed by atoms with Crippen molar-refractivity contribution >= 4 is 11.3 Å². The van der Waals surface area contributed by atoms with Crippen LogP contribution in [0.15, 0.2) is 42.5 Å². The van der Waals surface area contributed by atoms with Gasteiger partial charge in [0.05, 0.1) is 0 Å². The maximum atomic E-state index is 9.26. The molecule has 0 radical (unpaired) electrons. The zero-order valence-corrected chi connectivity index (χ0v) is 13.0. The van der Waals surface area contributed by atoms with Crippen molar-refractivity contribution < 1.29 is 5.11 Å². The van der Waals surface area contributed by atoms with Gasteiger partial charge < -0.3 is 10.4 Å². The van der Waals surface area contributed by atoms with Gasteiger partial charge >= 0.3 is 0 Å². The molecule has 2 nitrogen and oxygen atoms in total. The first kappa shape index (κ1) is 15.2. The van der Waals surface area contributed by atoms with Crippen molar-refractivity contribution in [2.45, 2.75) is 32.2 Å². The van der Waals surface area contributed by atoms with Crippen LogP contribution in [-0.4, -0.2) is 18.3 Å². The fourth-order valence-corrected chi connectivity index (χ4v) is 3.28. The standard InChI is InChI=1S/C17H23NOS/c1-13-8-9-17(20-13)14(2)18-12-16(10-11-19)15-6-4-3-5-7-15/h3-9,14,16,18-19H,10-12H2,1-2H3. The molecule has 0 aliphatic rings. The van der Waals surface area contributed by atoms with Crippen LogP contribution in [0.1, 0.15) is 40.6 Å². The van der Waals surface area contributed by atoms with Gasteiger partial charge in [-0.05, 0) is 43.9 Å². The van der Waals surface area contributed by atoms with E-state index in [1.54, 1.807) is 0 Å². The molecule has 20 heavy (non-hydrogen) atoms. The van der Waals surface area contributed by atoms with Gasteiger partial charge in [-0.1, -0.05) is 30.3 Å². The summed E-state index contributed by atoms with van der Waals surface area (Å²) in [5.41, 5.74) is 1.30. The predicted octanol–water partition coefficient (Wildman–Crippen LogP) is 3.87. The van der Waals surface area contributed by atoms with E-state index >= 15 is 0 Å². The summed E-state index contributed by atoms with van der Waals surface area (Å²) in [6.45, 7) is 5.46. The Balaban J connectivity index is 1.95. The maximum absolute atomic E-state index is 9.26. The summed E-state index contributed by atoms with van der Waals surface area (Å²) in [5.74, 6) is 0.365. The van der Waals surface area contributed by atoms with E-state index in [-0.39, 0.29) is 6.61 Å². The third-order valence-electron chi connectivity index (χ3n) is 3.61. The van der Waals surface area contributed by atoms with Gasteiger partial charge in [-0.15, -0.1) is 11.3 Å². The largest absolute Gasteiger partial charge is 0.396 e. The van der Waals surface area contributed by atoms with Crippen LogP contribution in [0.4, 0.5) is 0 Å². The van der Waals surface area contributed by atoms with E-state index in [0.29, 0.717) is 12.0 Å². The van der Waals surface area contributed by atoms with E-state index in [2.05, 4.69) is 55.6 Å². The molecule has 3 heteroatoms. The molecule has 2 N–H and O–H groups in total. The Labute approximate surface area is 125 Å². The topological polar surface area (TPSA) is 32.3 Å². The lowest BCUT2D eigenvalue weighted by atomic mass is 9.96. The summed E-state index contributed by atoms with van der Waals surface area (Å²) >= 11 is 1.84. The summed E-state index contributed by atoms with van der Waals surface area (Å²) in [7, 11) is 0. The van der Waals surface area contributed by atoms with Gasteiger partial charge in [-0.2, -0.15) is 0 Å². The molecule has 1 heterocycles. The second-order valence-electron chi connectivity index (χ2n) is 5.20. The highest BCUT2D eigenvalue weighted by molar-refractivity contribution is 7.12. The summed E-state index contributed by atoms with van der Waals surface area (Å²) in [6, 6.07) is 15.2. The SMILES string of the molecule is Cc1ccc(C(C)NCC(CCO)c2ccccc2)s1. The number of rotatable bonds is 7. The number of aliphatic hydroxyl groups is 1. The summed E-state index contributed by atoms with van der Waals surface area (Å²) < 4.78 is 0. The predicted molar refractivity (Wildman–Crippen MR) is 86.4 cm³/mol. The molecule has 108 valence electrons. The fraction of sp³-hybridized carbons (Fsp3) is 0.412. The number of thiophene rings is 1. The van der Waals surface area contributed by atoms with Crippen molar-refractivity contribution in [1.29, 1.82) is 0 Å². The van der Waals surface area contributed by atoms with Crippen LogP contribution in [0.5, 0.6) is 0 Å². The minimum Gasteiger partial charge on any atom is -0.396 e. The fourth-order valence-electron chi connectivity index (χ4n) is 2.37. The van der Waals surface area contributed by atoms with E-state index in [1.165, 1.54) is 15.3 Å². The Morgan fingerprint density at radius 3 is 2.50 bits per heavy atom. The van der Waals surface area contributed by atoms with Crippen molar-refractivity contribution in [3.8, 4) is 0 Å². The average molecular weight is 289 g/mol. The minimum atomic E-state index is 0.230. The van der Waals surface area contributed by atoms with Crippen LogP contribution in [0, 0.1) is 6.92 Å². The third-order valence-corrected chi connectivity index (χ3v) is 4.79. The van der Waals surface area contributed by atoms with Crippen LogP contribution in [-0.2, 0) is 0 Å². The number of nitrogens with one attached hydrogen (secondary N) is 1. The van der Waals surface area contributed by atoms with Crippen molar-refractivity contribution in [3.05, 3.63) is 57.8 Å². The number of hydrogen-bond donors (Lipinski definition) is 2. The summed E-state index contributed by atoms with van der Waals surface area (Å²) in [5, 5.41) is 12.9. The number of aliphatic hydroxyl groups excluding tert-OH is 1. The molecule has 0 bridgehead atoms. The molecule has 0 saturated carbocycles. The van der Waals surface area contributed by atoms with E-state index in [0.717, 1.165) is 13.0 Å². The normalized spacial score (nSPS) is 14.2. The highest BCUT2D eigenvalue weighted by Crippen LogP contribution is 2.24. The summed E-state index contributed by atoms with van der Waals surface area (Å²) in [6.07, 6.45) is 0.799. The van der Waals surface area contributed by atoms with Crippen LogP contribution in [0.2, 0.25) is 0 Å². The quantitative estimate of drug-likeness (QED) is 0.811. The molecular formula is C17H23NOS. The molecule has 1 aromatic carbocycles. The van der Waals surface area contributed by atoms with E-state index in [1.807, 2.05) is 17.4 Å². The zero-order chi connectivity index (χ0) is 14.4. The van der Waals surface area contributed by atoms with Crippen LogP contribution in [0.3, 0.4) is 0 Å². The molecule has 2 aromatic rings. The maximum Gasteiger partial charge on any atom is 0.0437 e. The van der Waals surface area contributed by atoms with Gasteiger partial charge in [-0.3, -0.25) is 0 Å². The van der Waals surface area contributed by atoms with Gasteiger partial charge in [-0.25, -0.2) is 0 Å². The zero-order valence-electron chi connectivity index (χ0n) is 12.2. The molecule has 2 unspecified atom stereocenters. The number of hydrogen-bond acceptors (Lipinski definition) is 3. The molecule has 1 aromatic heterocycles. The molecule has 0 amide bonds. The van der Waals surface area contributed by atoms with Crippen molar-refractivity contribution in [2.75, 3.05) is 13.2 Å². The third kappa shape index (κ3) is 4.17. The molecule has 0 fully saturated rings. The number of aryl methyl sites for hydroxylation is 1. The lowest BCUT2D eigenvalue weighted by Crippen LogP contribution is -2.24. The Kier molecular flexibility index (Phi) is 5.77. The lowest BCUT2D eigenvalue weighted by Gasteiger charge is -2.20. The van der Waals surface area contributed by atoms with Crippen LogP contribution < -0.4 is 5.32 Å². The van der Waals surface area contributed by atoms with Crippen molar-refractivity contribution in [1.82, 2.24) is 5.32 Å².